The van der Waals surface area contributed by atoms with E-state index in [9.17, 15) is 17.6 Å². The van der Waals surface area contributed by atoms with Gasteiger partial charge in [-0.1, -0.05) is 32.9 Å². The van der Waals surface area contributed by atoms with E-state index in [0.717, 1.165) is 11.8 Å². The van der Waals surface area contributed by atoms with E-state index in [0.29, 0.717) is 6.42 Å². The lowest BCUT2D eigenvalue weighted by molar-refractivity contribution is -0.121. The highest BCUT2D eigenvalue weighted by molar-refractivity contribution is 7.88. The molecule has 0 aliphatic heterocycles. The second kappa shape index (κ2) is 7.88. The Morgan fingerprint density at radius 1 is 1.22 bits per heavy atom. The normalized spacial score (nSPS) is 13.6. The summed E-state index contributed by atoms with van der Waals surface area (Å²) in [6, 6.07) is 5.79. The van der Waals surface area contributed by atoms with Crippen LogP contribution in [0.4, 0.5) is 4.39 Å². The van der Waals surface area contributed by atoms with Gasteiger partial charge in [-0.05, 0) is 29.5 Å². The Balaban J connectivity index is 2.73. The Hall–Kier alpha value is -1.47. The zero-order valence-electron chi connectivity index (χ0n) is 14.0. The Labute approximate surface area is 137 Å². The molecule has 130 valence electrons. The molecule has 0 aliphatic carbocycles. The van der Waals surface area contributed by atoms with Gasteiger partial charge in [0.25, 0.3) is 0 Å². The summed E-state index contributed by atoms with van der Waals surface area (Å²) in [5, 5.41) is 2.90. The molecule has 0 radical (unpaired) electrons. The van der Waals surface area contributed by atoms with Crippen molar-refractivity contribution in [2.24, 2.45) is 5.41 Å². The third-order valence-corrected chi connectivity index (χ3v) is 3.87. The molecule has 7 heteroatoms. The summed E-state index contributed by atoms with van der Waals surface area (Å²) in [7, 11) is -3.31. The first-order chi connectivity index (χ1) is 10.5. The summed E-state index contributed by atoms with van der Waals surface area (Å²) in [5.74, 6) is -0.577. The minimum atomic E-state index is -3.31. The van der Waals surface area contributed by atoms with Crippen molar-refractivity contribution >= 4 is 15.9 Å². The lowest BCUT2D eigenvalue weighted by Crippen LogP contribution is -2.34. The van der Waals surface area contributed by atoms with Crippen LogP contribution >= 0.6 is 0 Å². The van der Waals surface area contributed by atoms with Crippen LogP contribution in [-0.2, 0) is 14.8 Å². The van der Waals surface area contributed by atoms with E-state index in [4.69, 9.17) is 0 Å². The number of carbonyl (C=O) groups excluding carboxylic acids is 1. The molecular formula is C16H25FN2O3S. The first-order valence-electron chi connectivity index (χ1n) is 7.46. The van der Waals surface area contributed by atoms with Crippen molar-refractivity contribution in [2.75, 3.05) is 12.8 Å². The Morgan fingerprint density at radius 3 is 2.26 bits per heavy atom. The number of hydrogen-bond donors (Lipinski definition) is 2. The molecule has 23 heavy (non-hydrogen) atoms. The molecule has 0 spiro atoms. The van der Waals surface area contributed by atoms with Crippen molar-refractivity contribution < 1.29 is 17.6 Å². The molecule has 1 unspecified atom stereocenters. The predicted octanol–water partition coefficient (Wildman–Crippen LogP) is 2.36. The summed E-state index contributed by atoms with van der Waals surface area (Å²) >= 11 is 0. The van der Waals surface area contributed by atoms with Crippen LogP contribution in [0.25, 0.3) is 0 Å². The van der Waals surface area contributed by atoms with Crippen molar-refractivity contribution in [3.05, 3.63) is 35.6 Å². The van der Waals surface area contributed by atoms with Crippen LogP contribution < -0.4 is 10.0 Å². The molecule has 1 atom stereocenters. The maximum absolute atomic E-state index is 13.1. The van der Waals surface area contributed by atoms with Gasteiger partial charge in [-0.3, -0.25) is 4.79 Å². The van der Waals surface area contributed by atoms with Crippen molar-refractivity contribution in [3.63, 3.8) is 0 Å². The number of rotatable bonds is 7. The third kappa shape index (κ3) is 8.66. The van der Waals surface area contributed by atoms with E-state index in [1.165, 1.54) is 12.1 Å². The highest BCUT2D eigenvalue weighted by Crippen LogP contribution is 2.29. The zero-order chi connectivity index (χ0) is 17.7. The molecule has 2 N–H and O–H groups in total. The fraction of sp³-hybridized carbons (Fsp3) is 0.562. The average molecular weight is 344 g/mol. The van der Waals surface area contributed by atoms with Crippen LogP contribution in [0.15, 0.2) is 24.3 Å². The summed E-state index contributed by atoms with van der Waals surface area (Å²) in [6.45, 7) is 6.22. The lowest BCUT2D eigenvalue weighted by atomic mass is 9.85. The number of benzene rings is 1. The van der Waals surface area contributed by atoms with Gasteiger partial charge >= 0.3 is 0 Å². The molecular weight excluding hydrogens is 319 g/mol. The van der Waals surface area contributed by atoms with E-state index in [-0.39, 0.29) is 36.1 Å². The summed E-state index contributed by atoms with van der Waals surface area (Å²) < 4.78 is 37.4. The van der Waals surface area contributed by atoms with Crippen molar-refractivity contribution in [2.45, 2.75) is 39.7 Å². The summed E-state index contributed by atoms with van der Waals surface area (Å²) in [5.41, 5.74) is 0.794. The lowest BCUT2D eigenvalue weighted by Gasteiger charge is -2.27. The number of amides is 1. The van der Waals surface area contributed by atoms with Gasteiger partial charge in [0.15, 0.2) is 0 Å². The molecule has 1 aromatic carbocycles. The van der Waals surface area contributed by atoms with Gasteiger partial charge < -0.3 is 5.32 Å². The topological polar surface area (TPSA) is 75.3 Å². The molecule has 0 bridgehead atoms. The van der Waals surface area contributed by atoms with Gasteiger partial charge in [-0.15, -0.1) is 0 Å². The standard InChI is InChI=1S/C16H25FN2O3S/c1-16(2,3)11-14(12-5-7-13(17)8-6-12)19-15(20)9-10-18-23(4,21)22/h5-8,14,18H,9-11H2,1-4H3,(H,19,20). The number of nitrogens with one attached hydrogen (secondary N) is 2. The second-order valence-corrected chi connectivity index (χ2v) is 8.69. The van der Waals surface area contributed by atoms with Gasteiger partial charge in [-0.2, -0.15) is 0 Å². The number of sulfonamides is 1. The van der Waals surface area contributed by atoms with E-state index >= 15 is 0 Å². The molecule has 1 aromatic rings. The fourth-order valence-corrected chi connectivity index (χ4v) is 2.65. The van der Waals surface area contributed by atoms with Gasteiger partial charge in [-0.25, -0.2) is 17.5 Å². The quantitative estimate of drug-likeness (QED) is 0.797. The molecule has 1 rings (SSSR count). The molecule has 0 aromatic heterocycles. The minimum absolute atomic E-state index is 0.0304. The van der Waals surface area contributed by atoms with E-state index < -0.39 is 10.0 Å². The van der Waals surface area contributed by atoms with Crippen LogP contribution in [0.3, 0.4) is 0 Å². The largest absolute Gasteiger partial charge is 0.349 e. The SMILES string of the molecule is CC(C)(C)CC(NC(=O)CCNS(C)(=O)=O)c1ccc(F)cc1. The number of hydrogen-bond acceptors (Lipinski definition) is 3. The first kappa shape index (κ1) is 19.6. The molecule has 0 saturated carbocycles. The maximum Gasteiger partial charge on any atom is 0.221 e. The van der Waals surface area contributed by atoms with Crippen LogP contribution in [0, 0.1) is 11.2 Å². The van der Waals surface area contributed by atoms with Crippen LogP contribution in [0.5, 0.6) is 0 Å². The first-order valence-corrected chi connectivity index (χ1v) is 9.35. The summed E-state index contributed by atoms with van der Waals surface area (Å²) in [6.07, 6.45) is 1.78. The van der Waals surface area contributed by atoms with Crippen LogP contribution in [0.1, 0.15) is 45.2 Å². The molecule has 1 amide bonds. The van der Waals surface area contributed by atoms with E-state index in [1.807, 2.05) is 0 Å². The third-order valence-electron chi connectivity index (χ3n) is 3.14. The fourth-order valence-electron chi connectivity index (χ4n) is 2.18. The monoisotopic (exact) mass is 344 g/mol. The summed E-state index contributed by atoms with van der Waals surface area (Å²) in [4.78, 5) is 12.0. The molecule has 0 aliphatic rings. The second-order valence-electron chi connectivity index (χ2n) is 6.85. The van der Waals surface area contributed by atoms with Crippen LogP contribution in [0.2, 0.25) is 0 Å². The zero-order valence-corrected chi connectivity index (χ0v) is 14.8. The number of halogens is 1. The molecule has 0 fully saturated rings. The predicted molar refractivity (Wildman–Crippen MR) is 88.8 cm³/mol. The smallest absolute Gasteiger partial charge is 0.221 e. The average Bonchev–Trinajstić information content (AvgIpc) is 2.35. The van der Waals surface area contributed by atoms with Crippen molar-refractivity contribution in [1.82, 2.24) is 10.0 Å². The Bertz CT molecular complexity index is 622. The van der Waals surface area contributed by atoms with Gasteiger partial charge in [0, 0.05) is 13.0 Å². The highest BCUT2D eigenvalue weighted by Gasteiger charge is 2.22. The van der Waals surface area contributed by atoms with Crippen molar-refractivity contribution in [1.29, 1.82) is 0 Å². The van der Waals surface area contributed by atoms with Gasteiger partial charge in [0.2, 0.25) is 15.9 Å². The Morgan fingerprint density at radius 2 is 1.78 bits per heavy atom. The maximum atomic E-state index is 13.1. The van der Waals surface area contributed by atoms with Crippen LogP contribution in [-0.4, -0.2) is 27.1 Å². The van der Waals surface area contributed by atoms with Crippen molar-refractivity contribution in [3.8, 4) is 0 Å². The van der Waals surface area contributed by atoms with E-state index in [1.54, 1.807) is 12.1 Å². The van der Waals surface area contributed by atoms with E-state index in [2.05, 4.69) is 30.8 Å². The molecule has 0 saturated heterocycles. The van der Waals surface area contributed by atoms with Gasteiger partial charge in [0.05, 0.1) is 12.3 Å². The number of carbonyl (C=O) groups is 1. The Kier molecular flexibility index (Phi) is 6.70. The minimum Gasteiger partial charge on any atom is -0.349 e. The highest BCUT2D eigenvalue weighted by atomic mass is 32.2. The van der Waals surface area contributed by atoms with Gasteiger partial charge in [0.1, 0.15) is 5.82 Å². The molecule has 0 heterocycles. The molecule has 5 nitrogen and oxygen atoms in total.